The number of likely N-dealkylation sites (tertiary alicyclic amines) is 1. The highest BCUT2D eigenvalue weighted by Gasteiger charge is 2.46. The molecule has 0 spiro atoms. The summed E-state index contributed by atoms with van der Waals surface area (Å²) in [5, 5.41) is 9.91. The van der Waals surface area contributed by atoms with Crippen molar-refractivity contribution in [2.75, 3.05) is 6.54 Å². The Balaban J connectivity index is 2.14. The first-order chi connectivity index (χ1) is 10.7. The van der Waals surface area contributed by atoms with Crippen LogP contribution in [0.25, 0.3) is 0 Å². The number of hydrogen-bond donors (Lipinski definition) is 0. The molecule has 0 aliphatic carbocycles. The average molecular weight is 331 g/mol. The lowest BCUT2D eigenvalue weighted by Gasteiger charge is -2.40. The third-order valence-corrected chi connectivity index (χ3v) is 9.86. The van der Waals surface area contributed by atoms with Gasteiger partial charge in [0.1, 0.15) is 6.04 Å². The molecule has 23 heavy (non-hydrogen) atoms. The number of benzene rings is 1. The maximum atomic E-state index is 9.75. The van der Waals surface area contributed by atoms with E-state index in [1.165, 1.54) is 5.56 Å². The Kier molecular flexibility index (Phi) is 5.35. The van der Waals surface area contributed by atoms with E-state index in [1.54, 1.807) is 0 Å². The molecule has 1 saturated heterocycles. The van der Waals surface area contributed by atoms with E-state index in [1.807, 2.05) is 6.07 Å². The van der Waals surface area contributed by atoms with Crippen LogP contribution in [0.3, 0.4) is 0 Å². The summed E-state index contributed by atoms with van der Waals surface area (Å²) in [5.74, 6) is 0.387. The van der Waals surface area contributed by atoms with E-state index in [4.69, 9.17) is 4.43 Å². The summed E-state index contributed by atoms with van der Waals surface area (Å²) in [6.45, 7) is 15.3. The van der Waals surface area contributed by atoms with E-state index in [0.29, 0.717) is 5.92 Å². The van der Waals surface area contributed by atoms with Crippen LogP contribution in [-0.2, 0) is 11.0 Å². The molecule has 0 saturated carbocycles. The van der Waals surface area contributed by atoms with Crippen molar-refractivity contribution < 1.29 is 4.43 Å². The number of nitrogens with zero attached hydrogens (tertiary/aromatic N) is 2. The Labute approximate surface area is 142 Å². The van der Waals surface area contributed by atoms with Gasteiger partial charge >= 0.3 is 0 Å². The summed E-state index contributed by atoms with van der Waals surface area (Å²) in [6.07, 6.45) is 0.0182. The SMILES string of the molecule is C[C@H]1CN(Cc2ccccc2)[C@H](C#N)[C@H]1O[Si](C)(C)C(C)(C)C. The van der Waals surface area contributed by atoms with E-state index < -0.39 is 8.32 Å². The third-order valence-electron chi connectivity index (χ3n) is 5.39. The van der Waals surface area contributed by atoms with Gasteiger partial charge in [-0.05, 0) is 29.6 Å². The van der Waals surface area contributed by atoms with Crippen LogP contribution in [-0.4, -0.2) is 31.9 Å². The number of hydrogen-bond acceptors (Lipinski definition) is 3. The van der Waals surface area contributed by atoms with Gasteiger partial charge in [0.25, 0.3) is 0 Å². The van der Waals surface area contributed by atoms with Crippen LogP contribution in [0.15, 0.2) is 30.3 Å². The maximum Gasteiger partial charge on any atom is 0.192 e. The van der Waals surface area contributed by atoms with Gasteiger partial charge in [0.15, 0.2) is 8.32 Å². The van der Waals surface area contributed by atoms with Crippen molar-refractivity contribution in [2.24, 2.45) is 5.92 Å². The fraction of sp³-hybridized carbons (Fsp3) is 0.632. The van der Waals surface area contributed by atoms with Crippen molar-refractivity contribution >= 4 is 8.32 Å². The van der Waals surface area contributed by atoms with Gasteiger partial charge in [0.2, 0.25) is 0 Å². The average Bonchev–Trinajstić information content (AvgIpc) is 2.73. The van der Waals surface area contributed by atoms with Crippen molar-refractivity contribution in [3.8, 4) is 6.07 Å². The van der Waals surface area contributed by atoms with Gasteiger partial charge in [0, 0.05) is 13.1 Å². The van der Waals surface area contributed by atoms with Crippen LogP contribution < -0.4 is 0 Å². The van der Waals surface area contributed by atoms with Crippen molar-refractivity contribution in [1.29, 1.82) is 5.26 Å². The number of rotatable bonds is 4. The van der Waals surface area contributed by atoms with Crippen molar-refractivity contribution in [1.82, 2.24) is 4.90 Å². The normalized spacial score (nSPS) is 26.2. The molecule has 1 fully saturated rings. The Morgan fingerprint density at radius 1 is 1.26 bits per heavy atom. The highest BCUT2D eigenvalue weighted by atomic mass is 28.4. The van der Waals surface area contributed by atoms with E-state index in [9.17, 15) is 5.26 Å². The molecule has 0 amide bonds. The lowest BCUT2D eigenvalue weighted by atomic mass is 10.1. The topological polar surface area (TPSA) is 36.3 Å². The minimum atomic E-state index is -1.87. The molecule has 0 bridgehead atoms. The van der Waals surface area contributed by atoms with Gasteiger partial charge in [-0.25, -0.2) is 0 Å². The second-order valence-corrected chi connectivity index (χ2v) is 13.1. The molecule has 1 aliphatic heterocycles. The molecule has 1 aromatic carbocycles. The first kappa shape index (κ1) is 18.2. The molecule has 1 aliphatic rings. The fourth-order valence-electron chi connectivity index (χ4n) is 2.94. The highest BCUT2D eigenvalue weighted by Crippen LogP contribution is 2.40. The van der Waals surface area contributed by atoms with Gasteiger partial charge in [-0.3, -0.25) is 4.90 Å². The Morgan fingerprint density at radius 2 is 1.87 bits per heavy atom. The standard InChI is InChI=1S/C19H30N2OSi/c1-15-13-21(14-16-10-8-7-9-11-16)17(12-20)18(15)22-23(5,6)19(2,3)4/h7-11,15,17-18H,13-14H2,1-6H3/t15-,17+,18-/m0/s1. The minimum Gasteiger partial charge on any atom is -0.411 e. The van der Waals surface area contributed by atoms with E-state index in [0.717, 1.165) is 13.1 Å². The largest absolute Gasteiger partial charge is 0.411 e. The van der Waals surface area contributed by atoms with E-state index in [-0.39, 0.29) is 17.2 Å². The summed E-state index contributed by atoms with van der Waals surface area (Å²) >= 11 is 0. The second-order valence-electron chi connectivity index (χ2n) is 8.31. The van der Waals surface area contributed by atoms with Gasteiger partial charge in [-0.15, -0.1) is 0 Å². The van der Waals surface area contributed by atoms with Crippen LogP contribution >= 0.6 is 0 Å². The lowest BCUT2D eigenvalue weighted by molar-refractivity contribution is 0.129. The monoisotopic (exact) mass is 330 g/mol. The predicted molar refractivity (Wildman–Crippen MR) is 97.5 cm³/mol. The molecule has 126 valence electrons. The summed E-state index contributed by atoms with van der Waals surface area (Å²) in [4.78, 5) is 2.28. The molecule has 0 radical (unpaired) electrons. The van der Waals surface area contributed by atoms with E-state index in [2.05, 4.69) is 76.0 Å². The molecule has 3 atom stereocenters. The first-order valence-electron chi connectivity index (χ1n) is 8.51. The summed E-state index contributed by atoms with van der Waals surface area (Å²) in [5.41, 5.74) is 1.26. The zero-order valence-electron chi connectivity index (χ0n) is 15.3. The van der Waals surface area contributed by atoms with Crippen LogP contribution in [0.1, 0.15) is 33.3 Å². The first-order valence-corrected chi connectivity index (χ1v) is 11.4. The highest BCUT2D eigenvalue weighted by molar-refractivity contribution is 6.74. The summed E-state index contributed by atoms with van der Waals surface area (Å²) in [7, 11) is -1.87. The molecular formula is C19H30N2OSi. The fourth-order valence-corrected chi connectivity index (χ4v) is 4.34. The van der Waals surface area contributed by atoms with Gasteiger partial charge in [0.05, 0.1) is 12.2 Å². The zero-order valence-corrected chi connectivity index (χ0v) is 16.3. The Hall–Kier alpha value is -1.15. The zero-order chi connectivity index (χ0) is 17.3. The van der Waals surface area contributed by atoms with Crippen molar-refractivity contribution in [3.63, 3.8) is 0 Å². The van der Waals surface area contributed by atoms with Crippen LogP contribution in [0, 0.1) is 17.2 Å². The second kappa shape index (κ2) is 6.76. The molecule has 2 rings (SSSR count). The van der Waals surface area contributed by atoms with Gasteiger partial charge < -0.3 is 4.43 Å². The molecule has 1 aromatic rings. The Morgan fingerprint density at radius 3 is 2.39 bits per heavy atom. The third kappa shape index (κ3) is 4.03. The van der Waals surface area contributed by atoms with Gasteiger partial charge in [-0.1, -0.05) is 58.0 Å². The smallest absolute Gasteiger partial charge is 0.192 e. The van der Waals surface area contributed by atoms with Crippen molar-refractivity contribution in [3.05, 3.63) is 35.9 Å². The van der Waals surface area contributed by atoms with Crippen LogP contribution in [0.5, 0.6) is 0 Å². The summed E-state index contributed by atoms with van der Waals surface area (Å²) in [6, 6.07) is 12.8. The molecule has 0 unspecified atom stereocenters. The molecule has 0 aromatic heterocycles. The molecule has 3 nitrogen and oxygen atoms in total. The Bertz CT molecular complexity index is 559. The molecule has 4 heteroatoms. The predicted octanol–water partition coefficient (Wildman–Crippen LogP) is 4.42. The van der Waals surface area contributed by atoms with Gasteiger partial charge in [-0.2, -0.15) is 5.26 Å². The molecule has 1 heterocycles. The number of nitriles is 1. The van der Waals surface area contributed by atoms with E-state index >= 15 is 0 Å². The van der Waals surface area contributed by atoms with Crippen LogP contribution in [0.4, 0.5) is 0 Å². The lowest BCUT2D eigenvalue weighted by Crippen LogP contribution is -2.48. The molecular weight excluding hydrogens is 300 g/mol. The minimum absolute atomic E-state index is 0.0182. The van der Waals surface area contributed by atoms with Crippen molar-refractivity contribution in [2.45, 2.75) is 64.5 Å². The quantitative estimate of drug-likeness (QED) is 0.767. The summed E-state index contributed by atoms with van der Waals surface area (Å²) < 4.78 is 6.62. The maximum absolute atomic E-state index is 9.75. The molecule has 0 N–H and O–H groups in total. The van der Waals surface area contributed by atoms with Crippen LogP contribution in [0.2, 0.25) is 18.1 Å².